The highest BCUT2D eigenvalue weighted by Crippen LogP contribution is 2.39. The van der Waals surface area contributed by atoms with Gasteiger partial charge in [0.05, 0.1) is 10.5 Å². The molecule has 1 unspecified atom stereocenters. The summed E-state index contributed by atoms with van der Waals surface area (Å²) in [5.74, 6) is 0.829. The van der Waals surface area contributed by atoms with Crippen molar-refractivity contribution in [2.75, 3.05) is 12.4 Å². The number of fused-ring (bicyclic) bond motifs is 1. The topological polar surface area (TPSA) is 54.0 Å². The molecular weight excluding hydrogens is 258 g/mol. The van der Waals surface area contributed by atoms with Crippen LogP contribution in [0, 0.1) is 0 Å². The summed E-state index contributed by atoms with van der Waals surface area (Å²) in [6, 6.07) is 9.83. The molecule has 0 spiro atoms. The van der Waals surface area contributed by atoms with Crippen LogP contribution in [0.25, 0.3) is 10.9 Å². The number of hydrogen-bond donors (Lipinski definition) is 2. The van der Waals surface area contributed by atoms with E-state index in [1.165, 1.54) is 11.8 Å². The third kappa shape index (κ3) is 2.17. The highest BCUT2D eigenvalue weighted by atomic mass is 32.2. The Hall–Kier alpha value is -2.01. The second-order valence-corrected chi connectivity index (χ2v) is 5.51. The number of carbonyl (C=O) groups excluding carboxylic acids is 1. The van der Waals surface area contributed by atoms with Gasteiger partial charge in [0.15, 0.2) is 0 Å². The number of nitrogens with one attached hydrogen (secondary N) is 2. The van der Waals surface area contributed by atoms with Gasteiger partial charge in [0.2, 0.25) is 5.91 Å². The Bertz CT molecular complexity index is 683. The van der Waals surface area contributed by atoms with Gasteiger partial charge in [0.25, 0.3) is 0 Å². The first kappa shape index (κ1) is 12.0. The Balaban J connectivity index is 2.02. The zero-order valence-electron chi connectivity index (χ0n) is 10.4. The van der Waals surface area contributed by atoms with Crippen LogP contribution in [0.3, 0.4) is 0 Å². The van der Waals surface area contributed by atoms with E-state index in [-0.39, 0.29) is 11.2 Å². The number of rotatable bonds is 2. The first-order valence-corrected chi connectivity index (χ1v) is 6.80. The molecule has 1 aromatic carbocycles. The number of thioether (sulfide) groups is 1. The summed E-state index contributed by atoms with van der Waals surface area (Å²) in [4.78, 5) is 16.3. The maximum absolute atomic E-state index is 11.8. The largest absolute Gasteiger partial charge is 0.373 e. The van der Waals surface area contributed by atoms with Crippen LogP contribution >= 0.6 is 11.8 Å². The average molecular weight is 271 g/mol. The minimum absolute atomic E-state index is 0.00541. The number of pyridine rings is 1. The first-order chi connectivity index (χ1) is 9.17. The first-order valence-electron chi connectivity index (χ1n) is 5.92. The second-order valence-electron chi connectivity index (χ2n) is 4.31. The minimum Gasteiger partial charge on any atom is -0.373 e. The lowest BCUT2D eigenvalue weighted by molar-refractivity contribution is -0.119. The summed E-state index contributed by atoms with van der Waals surface area (Å²) in [6.07, 6.45) is 0. The molecule has 2 aromatic rings. The van der Waals surface area contributed by atoms with Crippen LogP contribution < -0.4 is 10.6 Å². The SMILES string of the molecule is C=C1NC(=O)C(c2ccc3nc(NC)ccc3c2)S1. The van der Waals surface area contributed by atoms with Crippen molar-refractivity contribution >= 4 is 34.4 Å². The predicted octanol–water partition coefficient (Wildman–Crippen LogP) is 2.65. The summed E-state index contributed by atoms with van der Waals surface area (Å²) >= 11 is 1.46. The van der Waals surface area contributed by atoms with Gasteiger partial charge in [-0.05, 0) is 29.8 Å². The smallest absolute Gasteiger partial charge is 0.242 e. The molecule has 1 aliphatic heterocycles. The van der Waals surface area contributed by atoms with Crippen LogP contribution in [-0.2, 0) is 4.79 Å². The third-order valence-corrected chi connectivity index (χ3v) is 4.14. The van der Waals surface area contributed by atoms with Gasteiger partial charge >= 0.3 is 0 Å². The van der Waals surface area contributed by atoms with Gasteiger partial charge in [-0.2, -0.15) is 0 Å². The summed E-state index contributed by atoms with van der Waals surface area (Å²) < 4.78 is 0. The number of carbonyl (C=O) groups is 1. The third-order valence-electron chi connectivity index (χ3n) is 3.03. The molecule has 0 radical (unpaired) electrons. The van der Waals surface area contributed by atoms with Gasteiger partial charge in [-0.15, -0.1) is 0 Å². The number of aromatic nitrogens is 1. The van der Waals surface area contributed by atoms with Crippen molar-refractivity contribution in [3.8, 4) is 0 Å². The van der Waals surface area contributed by atoms with E-state index >= 15 is 0 Å². The minimum atomic E-state index is -0.208. The molecule has 0 aliphatic carbocycles. The predicted molar refractivity (Wildman–Crippen MR) is 78.9 cm³/mol. The van der Waals surface area contributed by atoms with Crippen molar-refractivity contribution in [1.82, 2.24) is 10.3 Å². The van der Waals surface area contributed by atoms with E-state index in [1.54, 1.807) is 0 Å². The van der Waals surface area contributed by atoms with E-state index < -0.39 is 0 Å². The molecule has 1 saturated heterocycles. The van der Waals surface area contributed by atoms with Gasteiger partial charge in [0.1, 0.15) is 11.1 Å². The van der Waals surface area contributed by atoms with Crippen LogP contribution in [0.1, 0.15) is 10.8 Å². The van der Waals surface area contributed by atoms with Crippen molar-refractivity contribution in [3.63, 3.8) is 0 Å². The zero-order valence-corrected chi connectivity index (χ0v) is 11.3. The second kappa shape index (κ2) is 4.59. The molecule has 1 fully saturated rings. The number of nitrogens with zero attached hydrogens (tertiary/aromatic N) is 1. The molecule has 0 saturated carbocycles. The summed E-state index contributed by atoms with van der Waals surface area (Å²) in [5, 5.41) is 7.28. The zero-order chi connectivity index (χ0) is 13.4. The number of anilines is 1. The van der Waals surface area contributed by atoms with Crippen molar-refractivity contribution in [2.24, 2.45) is 0 Å². The molecule has 1 aromatic heterocycles. The Morgan fingerprint density at radius 2 is 2.21 bits per heavy atom. The monoisotopic (exact) mass is 271 g/mol. The number of amides is 1. The van der Waals surface area contributed by atoms with Gasteiger partial charge < -0.3 is 10.6 Å². The normalized spacial score (nSPS) is 18.7. The molecular formula is C14H13N3OS. The molecule has 2 heterocycles. The molecule has 4 nitrogen and oxygen atoms in total. The lowest BCUT2D eigenvalue weighted by Crippen LogP contribution is -2.16. The van der Waals surface area contributed by atoms with Crippen molar-refractivity contribution in [1.29, 1.82) is 0 Å². The molecule has 1 aliphatic rings. The van der Waals surface area contributed by atoms with E-state index in [0.717, 1.165) is 22.3 Å². The Morgan fingerprint density at radius 1 is 1.37 bits per heavy atom. The van der Waals surface area contributed by atoms with Crippen molar-refractivity contribution in [3.05, 3.63) is 47.5 Å². The highest BCUT2D eigenvalue weighted by molar-refractivity contribution is 8.04. The van der Waals surface area contributed by atoms with Crippen LogP contribution in [0.5, 0.6) is 0 Å². The molecule has 19 heavy (non-hydrogen) atoms. The van der Waals surface area contributed by atoms with E-state index in [2.05, 4.69) is 22.2 Å². The van der Waals surface area contributed by atoms with Crippen LogP contribution in [0.4, 0.5) is 5.82 Å². The maximum Gasteiger partial charge on any atom is 0.242 e. The van der Waals surface area contributed by atoms with Gasteiger partial charge in [-0.25, -0.2) is 4.98 Å². The van der Waals surface area contributed by atoms with Gasteiger partial charge in [0, 0.05) is 12.4 Å². The van der Waals surface area contributed by atoms with E-state index in [4.69, 9.17) is 0 Å². The van der Waals surface area contributed by atoms with E-state index in [0.29, 0.717) is 5.03 Å². The Morgan fingerprint density at radius 3 is 2.89 bits per heavy atom. The number of hydrogen-bond acceptors (Lipinski definition) is 4. The lowest BCUT2D eigenvalue weighted by atomic mass is 10.1. The van der Waals surface area contributed by atoms with Crippen molar-refractivity contribution < 1.29 is 4.79 Å². The maximum atomic E-state index is 11.8. The van der Waals surface area contributed by atoms with Crippen LogP contribution in [0.15, 0.2) is 41.9 Å². The van der Waals surface area contributed by atoms with Crippen LogP contribution in [-0.4, -0.2) is 17.9 Å². The van der Waals surface area contributed by atoms with Crippen LogP contribution in [0.2, 0.25) is 0 Å². The number of benzene rings is 1. The van der Waals surface area contributed by atoms with E-state index in [1.807, 2.05) is 37.4 Å². The Labute approximate surface area is 115 Å². The van der Waals surface area contributed by atoms with Crippen molar-refractivity contribution in [2.45, 2.75) is 5.25 Å². The molecule has 96 valence electrons. The summed E-state index contributed by atoms with van der Waals surface area (Å²) in [7, 11) is 1.84. The standard InChI is InChI=1S/C14H13N3OS/c1-8-16-14(18)13(19-8)10-3-5-11-9(7-10)4-6-12(15-2)17-11/h3-7,13H,1H2,2H3,(H,15,17)(H,16,18). The average Bonchev–Trinajstić information content (AvgIpc) is 2.76. The van der Waals surface area contributed by atoms with Gasteiger partial charge in [-0.1, -0.05) is 24.4 Å². The molecule has 3 rings (SSSR count). The molecule has 5 heteroatoms. The fourth-order valence-electron chi connectivity index (χ4n) is 2.09. The fraction of sp³-hybridized carbons (Fsp3) is 0.143. The molecule has 1 amide bonds. The molecule has 0 bridgehead atoms. The molecule has 1 atom stereocenters. The highest BCUT2D eigenvalue weighted by Gasteiger charge is 2.29. The van der Waals surface area contributed by atoms with E-state index in [9.17, 15) is 4.79 Å². The fourth-order valence-corrected chi connectivity index (χ4v) is 2.99. The quantitative estimate of drug-likeness (QED) is 0.881. The summed E-state index contributed by atoms with van der Waals surface area (Å²) in [6.45, 7) is 3.78. The lowest BCUT2D eigenvalue weighted by Gasteiger charge is -2.08. The summed E-state index contributed by atoms with van der Waals surface area (Å²) in [5.41, 5.74) is 1.89. The Kier molecular flexibility index (Phi) is 2.91. The molecule has 2 N–H and O–H groups in total. The van der Waals surface area contributed by atoms with Gasteiger partial charge in [-0.3, -0.25) is 4.79 Å².